The molecule has 1 aromatic heterocycles. The van der Waals surface area contributed by atoms with Crippen molar-refractivity contribution in [1.29, 1.82) is 0 Å². The predicted molar refractivity (Wildman–Crippen MR) is 116 cm³/mol. The summed E-state index contributed by atoms with van der Waals surface area (Å²) in [5, 5.41) is 9.88. The van der Waals surface area contributed by atoms with Crippen molar-refractivity contribution in [3.63, 3.8) is 0 Å². The first-order valence-corrected chi connectivity index (χ1v) is 10.3. The van der Waals surface area contributed by atoms with E-state index in [-0.39, 0.29) is 17.9 Å². The number of ether oxygens (including phenoxy) is 1. The van der Waals surface area contributed by atoms with Crippen LogP contribution in [0.25, 0.3) is 0 Å². The van der Waals surface area contributed by atoms with E-state index in [0.29, 0.717) is 13.0 Å². The van der Waals surface area contributed by atoms with E-state index >= 15 is 0 Å². The first-order valence-electron chi connectivity index (χ1n) is 10.3. The number of hydrogen-bond acceptors (Lipinski definition) is 4. The van der Waals surface area contributed by atoms with Crippen molar-refractivity contribution in [2.45, 2.75) is 38.5 Å². The Bertz CT molecular complexity index is 1080. The highest BCUT2D eigenvalue weighted by molar-refractivity contribution is 5.90. The smallest absolute Gasteiger partial charge is 0.267 e. The van der Waals surface area contributed by atoms with E-state index in [1.165, 1.54) is 0 Å². The van der Waals surface area contributed by atoms with Gasteiger partial charge in [-0.15, -0.1) is 0 Å². The molecule has 1 heterocycles. The second-order valence-electron chi connectivity index (χ2n) is 7.50. The number of rotatable bonds is 7. The van der Waals surface area contributed by atoms with E-state index in [4.69, 9.17) is 4.74 Å². The van der Waals surface area contributed by atoms with Gasteiger partial charge in [-0.05, 0) is 61.1 Å². The summed E-state index contributed by atoms with van der Waals surface area (Å²) in [7, 11) is 0. The average molecular weight is 403 g/mol. The van der Waals surface area contributed by atoms with Crippen LogP contribution < -0.4 is 15.6 Å². The topological polar surface area (TPSA) is 84.1 Å². The molecule has 1 aliphatic rings. The van der Waals surface area contributed by atoms with Gasteiger partial charge < -0.3 is 10.1 Å². The van der Waals surface area contributed by atoms with Gasteiger partial charge in [0.1, 0.15) is 5.75 Å². The summed E-state index contributed by atoms with van der Waals surface area (Å²) in [6.45, 7) is 0.322. The molecule has 4 rings (SSSR count). The number of nitrogens with zero attached hydrogens (tertiary/aromatic N) is 1. The molecule has 0 saturated carbocycles. The van der Waals surface area contributed by atoms with Crippen molar-refractivity contribution in [1.82, 2.24) is 10.2 Å². The van der Waals surface area contributed by atoms with Crippen molar-refractivity contribution in [2.24, 2.45) is 0 Å². The molecular weight excluding hydrogens is 378 g/mol. The molecule has 0 unspecified atom stereocenters. The van der Waals surface area contributed by atoms with Crippen LogP contribution in [0.2, 0.25) is 0 Å². The molecule has 3 aromatic rings. The Hall–Kier alpha value is -3.41. The van der Waals surface area contributed by atoms with Gasteiger partial charge in [-0.2, -0.15) is 5.10 Å². The maximum absolute atomic E-state index is 12.3. The highest BCUT2D eigenvalue weighted by atomic mass is 16.5. The summed E-state index contributed by atoms with van der Waals surface area (Å²) < 4.78 is 5.58. The molecule has 1 aliphatic carbocycles. The third-order valence-electron chi connectivity index (χ3n) is 5.31. The van der Waals surface area contributed by atoms with E-state index in [9.17, 15) is 9.59 Å². The lowest BCUT2D eigenvalue weighted by Gasteiger charge is -2.17. The Morgan fingerprint density at radius 2 is 1.83 bits per heavy atom. The van der Waals surface area contributed by atoms with Crippen molar-refractivity contribution >= 4 is 11.6 Å². The number of anilines is 1. The summed E-state index contributed by atoms with van der Waals surface area (Å²) in [5.41, 5.74) is 4.62. The van der Waals surface area contributed by atoms with E-state index < -0.39 is 0 Å². The van der Waals surface area contributed by atoms with E-state index in [1.807, 2.05) is 54.6 Å². The standard InChI is InChI=1S/C24H25N3O3/c28-23(13-14-30-19-9-2-1-3-10-19)25-18-8-6-7-17(15-18)16-22-20-11-4-5-12-21(20)24(29)27-26-22/h1-3,6-10,15H,4-5,11-14,16H2,(H,25,28)(H,27,29). The SMILES string of the molecule is O=C(CCOc1ccccc1)Nc1cccc(Cc2n[nH]c(=O)c3c2CCCC3)c1. The van der Waals surface area contributed by atoms with Crippen LogP contribution in [-0.4, -0.2) is 22.7 Å². The molecule has 0 fully saturated rings. The number of fused-ring (bicyclic) bond motifs is 1. The number of carbonyl (C=O) groups excluding carboxylic acids is 1. The first kappa shape index (κ1) is 19.9. The maximum Gasteiger partial charge on any atom is 0.267 e. The third kappa shape index (κ3) is 4.95. The first-order chi connectivity index (χ1) is 14.7. The molecule has 6 nitrogen and oxygen atoms in total. The number of benzene rings is 2. The summed E-state index contributed by atoms with van der Waals surface area (Å²) in [5.74, 6) is 0.659. The normalized spacial score (nSPS) is 12.8. The van der Waals surface area contributed by atoms with Crippen LogP contribution >= 0.6 is 0 Å². The van der Waals surface area contributed by atoms with Crippen LogP contribution in [0.1, 0.15) is 41.6 Å². The summed E-state index contributed by atoms with van der Waals surface area (Å²) >= 11 is 0. The molecule has 0 atom stereocenters. The minimum absolute atomic E-state index is 0.0628. The molecule has 2 N–H and O–H groups in total. The largest absolute Gasteiger partial charge is 0.493 e. The zero-order chi connectivity index (χ0) is 20.8. The van der Waals surface area contributed by atoms with Crippen LogP contribution in [-0.2, 0) is 24.1 Å². The molecule has 6 heteroatoms. The second-order valence-corrected chi connectivity index (χ2v) is 7.50. The Balaban J connectivity index is 1.37. The zero-order valence-corrected chi connectivity index (χ0v) is 16.8. The maximum atomic E-state index is 12.3. The molecule has 0 saturated heterocycles. The fourth-order valence-corrected chi connectivity index (χ4v) is 3.83. The Kier molecular flexibility index (Phi) is 6.23. The van der Waals surface area contributed by atoms with E-state index in [1.54, 1.807) is 0 Å². The van der Waals surface area contributed by atoms with Crippen LogP contribution in [0.15, 0.2) is 59.4 Å². The third-order valence-corrected chi connectivity index (χ3v) is 5.31. The predicted octanol–water partition coefficient (Wildman–Crippen LogP) is 3.65. The number of para-hydroxylation sites is 1. The molecule has 0 radical (unpaired) electrons. The number of aromatic nitrogens is 2. The fourth-order valence-electron chi connectivity index (χ4n) is 3.83. The van der Waals surface area contributed by atoms with Gasteiger partial charge in [0.2, 0.25) is 5.91 Å². The average Bonchev–Trinajstić information content (AvgIpc) is 2.77. The molecule has 30 heavy (non-hydrogen) atoms. The monoisotopic (exact) mass is 403 g/mol. The van der Waals surface area contributed by atoms with Crippen molar-refractivity contribution in [3.05, 3.63) is 87.3 Å². The molecule has 0 bridgehead atoms. The Morgan fingerprint density at radius 1 is 1.03 bits per heavy atom. The molecule has 1 amide bonds. The lowest BCUT2D eigenvalue weighted by molar-refractivity contribution is -0.116. The van der Waals surface area contributed by atoms with Crippen molar-refractivity contribution < 1.29 is 9.53 Å². The molecular formula is C24H25N3O3. The van der Waals surface area contributed by atoms with Gasteiger partial charge in [0.15, 0.2) is 0 Å². The van der Waals surface area contributed by atoms with Crippen molar-refractivity contribution in [3.8, 4) is 5.75 Å². The van der Waals surface area contributed by atoms with Gasteiger partial charge >= 0.3 is 0 Å². The number of amides is 1. The number of carbonyl (C=O) groups is 1. The van der Waals surface area contributed by atoms with Gasteiger partial charge in [0, 0.05) is 17.7 Å². The lowest BCUT2D eigenvalue weighted by atomic mass is 9.90. The van der Waals surface area contributed by atoms with Gasteiger partial charge in [0.05, 0.1) is 18.7 Å². The summed E-state index contributed by atoms with van der Waals surface area (Å²) in [6, 6.07) is 17.2. The Morgan fingerprint density at radius 3 is 2.67 bits per heavy atom. The van der Waals surface area contributed by atoms with E-state index in [0.717, 1.165) is 59.5 Å². The van der Waals surface area contributed by atoms with Crippen LogP contribution in [0.4, 0.5) is 5.69 Å². The highest BCUT2D eigenvalue weighted by Crippen LogP contribution is 2.23. The minimum atomic E-state index is -0.0948. The van der Waals surface area contributed by atoms with Gasteiger partial charge in [-0.1, -0.05) is 30.3 Å². The zero-order valence-electron chi connectivity index (χ0n) is 16.8. The lowest BCUT2D eigenvalue weighted by Crippen LogP contribution is -2.23. The van der Waals surface area contributed by atoms with E-state index in [2.05, 4.69) is 15.5 Å². The molecule has 2 aromatic carbocycles. The molecule has 0 spiro atoms. The Labute approximate surface area is 175 Å². The van der Waals surface area contributed by atoms with Gasteiger partial charge in [0.25, 0.3) is 5.56 Å². The van der Waals surface area contributed by atoms with Crippen LogP contribution in [0.3, 0.4) is 0 Å². The summed E-state index contributed by atoms with van der Waals surface area (Å²) in [6.07, 6.45) is 4.76. The molecule has 0 aliphatic heterocycles. The van der Waals surface area contributed by atoms with Crippen LogP contribution in [0.5, 0.6) is 5.75 Å². The van der Waals surface area contributed by atoms with Crippen LogP contribution in [0, 0.1) is 0 Å². The second kappa shape index (κ2) is 9.39. The fraction of sp³-hybridized carbons (Fsp3) is 0.292. The number of H-pyrrole nitrogens is 1. The number of aromatic amines is 1. The van der Waals surface area contributed by atoms with Gasteiger partial charge in [-0.3, -0.25) is 9.59 Å². The molecule has 154 valence electrons. The highest BCUT2D eigenvalue weighted by Gasteiger charge is 2.18. The van der Waals surface area contributed by atoms with Crippen molar-refractivity contribution in [2.75, 3.05) is 11.9 Å². The number of hydrogen-bond donors (Lipinski definition) is 2. The quantitative estimate of drug-likeness (QED) is 0.631. The summed E-state index contributed by atoms with van der Waals surface area (Å²) in [4.78, 5) is 24.3. The minimum Gasteiger partial charge on any atom is -0.493 e. The van der Waals surface area contributed by atoms with Gasteiger partial charge in [-0.25, -0.2) is 5.10 Å². The number of nitrogens with one attached hydrogen (secondary N) is 2.